The molecule has 0 aliphatic carbocycles. The van der Waals surface area contributed by atoms with Crippen molar-refractivity contribution in [2.24, 2.45) is 0 Å². The van der Waals surface area contributed by atoms with Crippen LogP contribution in [0, 0.1) is 0 Å². The number of hydrogen-bond donors (Lipinski definition) is 0. The number of halogens is 5. The van der Waals surface area contributed by atoms with Crippen LogP contribution in [0.1, 0.15) is 27.2 Å². The first kappa shape index (κ1) is 11.6. The van der Waals surface area contributed by atoms with E-state index in [4.69, 9.17) is 0 Å². The van der Waals surface area contributed by atoms with Gasteiger partial charge in [0.05, 0.1) is 0 Å². The second kappa shape index (κ2) is 2.85. The summed E-state index contributed by atoms with van der Waals surface area (Å²) in [6, 6.07) is 0. The highest BCUT2D eigenvalue weighted by Crippen LogP contribution is 2.45. The molecule has 74 valence electrons. The molecule has 1 unspecified atom stereocenters. The van der Waals surface area contributed by atoms with E-state index in [0.717, 1.165) is 6.92 Å². The molecule has 0 aromatic rings. The molecule has 0 nitrogen and oxygen atoms in total. The Morgan fingerprint density at radius 2 is 1.25 bits per heavy atom. The molecule has 0 aliphatic rings. The lowest BCUT2D eigenvalue weighted by Crippen LogP contribution is -2.52. The van der Waals surface area contributed by atoms with Crippen molar-refractivity contribution in [3.05, 3.63) is 0 Å². The molecule has 0 radical (unpaired) electrons. The summed E-state index contributed by atoms with van der Waals surface area (Å²) in [5.74, 6) is -8.94. The van der Waals surface area contributed by atoms with Crippen molar-refractivity contribution in [1.82, 2.24) is 0 Å². The summed E-state index contributed by atoms with van der Waals surface area (Å²) in [6.07, 6.45) is -0.649. The van der Waals surface area contributed by atoms with Crippen LogP contribution in [0.15, 0.2) is 0 Å². The summed E-state index contributed by atoms with van der Waals surface area (Å²) in [5, 5.41) is 0. The van der Waals surface area contributed by atoms with Gasteiger partial charge in [-0.05, 0) is 13.3 Å². The van der Waals surface area contributed by atoms with Crippen LogP contribution >= 0.6 is 0 Å². The first-order valence-corrected chi connectivity index (χ1v) is 3.51. The van der Waals surface area contributed by atoms with Gasteiger partial charge >= 0.3 is 11.8 Å². The third kappa shape index (κ3) is 1.69. The molecule has 12 heavy (non-hydrogen) atoms. The fraction of sp³-hybridized carbons (Fsp3) is 1.00. The van der Waals surface area contributed by atoms with E-state index in [1.165, 1.54) is 0 Å². The van der Waals surface area contributed by atoms with E-state index < -0.39 is 23.9 Å². The molecule has 0 saturated heterocycles. The van der Waals surface area contributed by atoms with Crippen LogP contribution in [0.5, 0.6) is 0 Å². The van der Waals surface area contributed by atoms with Gasteiger partial charge in [0.25, 0.3) is 0 Å². The van der Waals surface area contributed by atoms with Crippen LogP contribution in [0.25, 0.3) is 0 Å². The highest BCUT2D eigenvalue weighted by atomic mass is 19.3. The standard InChI is InChI=1S/C7H11F5/c1-4-5(2,8)7(11,12)6(3,9)10/h4H2,1-3H3. The first-order chi connectivity index (χ1) is 5.06. The molecule has 0 aliphatic heterocycles. The smallest absolute Gasteiger partial charge is 0.237 e. The minimum absolute atomic E-state index is 0.0144. The number of rotatable bonds is 3. The Balaban J connectivity index is 4.85. The van der Waals surface area contributed by atoms with Gasteiger partial charge in [-0.2, -0.15) is 8.78 Å². The van der Waals surface area contributed by atoms with E-state index in [2.05, 4.69) is 0 Å². The van der Waals surface area contributed by atoms with Gasteiger partial charge in [0.2, 0.25) is 0 Å². The summed E-state index contributed by atoms with van der Waals surface area (Å²) in [5.41, 5.74) is -3.16. The summed E-state index contributed by atoms with van der Waals surface area (Å²) in [6.45, 7) is 1.59. The SMILES string of the molecule is CCC(C)(F)C(F)(F)C(C)(F)F. The van der Waals surface area contributed by atoms with Gasteiger partial charge in [-0.25, -0.2) is 13.2 Å². The maximum Gasteiger partial charge on any atom is 0.342 e. The van der Waals surface area contributed by atoms with Crippen molar-refractivity contribution >= 4 is 0 Å². The third-order valence-corrected chi connectivity index (χ3v) is 1.87. The monoisotopic (exact) mass is 190 g/mol. The third-order valence-electron chi connectivity index (χ3n) is 1.87. The normalized spacial score (nSPS) is 19.0. The van der Waals surface area contributed by atoms with Crippen LogP contribution < -0.4 is 0 Å². The van der Waals surface area contributed by atoms with Gasteiger partial charge in [-0.1, -0.05) is 6.92 Å². The average Bonchev–Trinajstić information content (AvgIpc) is 1.85. The van der Waals surface area contributed by atoms with Crippen LogP contribution in [-0.2, 0) is 0 Å². The molecule has 1 atom stereocenters. The lowest BCUT2D eigenvalue weighted by atomic mass is 9.93. The Morgan fingerprint density at radius 3 is 1.33 bits per heavy atom. The van der Waals surface area contributed by atoms with Gasteiger partial charge in [-0.15, -0.1) is 0 Å². The molecule has 0 rings (SSSR count). The Kier molecular flexibility index (Phi) is 2.77. The molecule has 0 aromatic carbocycles. The fourth-order valence-electron chi connectivity index (χ4n) is 0.680. The van der Waals surface area contributed by atoms with E-state index in [0.29, 0.717) is 6.92 Å². The minimum Gasteiger partial charge on any atom is -0.237 e. The highest BCUT2D eigenvalue weighted by molar-refractivity contribution is 4.96. The second-order valence-corrected chi connectivity index (χ2v) is 3.01. The summed E-state index contributed by atoms with van der Waals surface area (Å²) >= 11 is 0. The largest absolute Gasteiger partial charge is 0.342 e. The highest BCUT2D eigenvalue weighted by Gasteiger charge is 2.64. The predicted molar refractivity (Wildman–Crippen MR) is 35.4 cm³/mol. The Morgan fingerprint density at radius 1 is 0.917 bits per heavy atom. The predicted octanol–water partition coefficient (Wildman–Crippen LogP) is 3.42. The number of hydrogen-bond acceptors (Lipinski definition) is 0. The Labute approximate surface area is 67.8 Å². The maximum absolute atomic E-state index is 12.9. The van der Waals surface area contributed by atoms with Crippen LogP contribution in [-0.4, -0.2) is 17.5 Å². The van der Waals surface area contributed by atoms with Crippen LogP contribution in [0.2, 0.25) is 0 Å². The lowest BCUT2D eigenvalue weighted by molar-refractivity contribution is -0.259. The van der Waals surface area contributed by atoms with Gasteiger partial charge in [0.15, 0.2) is 5.67 Å². The first-order valence-electron chi connectivity index (χ1n) is 3.51. The van der Waals surface area contributed by atoms with Crippen molar-refractivity contribution in [3.63, 3.8) is 0 Å². The zero-order valence-electron chi connectivity index (χ0n) is 7.10. The van der Waals surface area contributed by atoms with Gasteiger partial charge in [0, 0.05) is 6.92 Å². The summed E-state index contributed by atoms with van der Waals surface area (Å²) < 4.78 is 62.4. The van der Waals surface area contributed by atoms with Gasteiger partial charge < -0.3 is 0 Å². The average molecular weight is 190 g/mol. The van der Waals surface area contributed by atoms with Crippen molar-refractivity contribution in [2.45, 2.75) is 44.7 Å². The van der Waals surface area contributed by atoms with Crippen molar-refractivity contribution in [1.29, 1.82) is 0 Å². The Hall–Kier alpha value is -0.350. The lowest BCUT2D eigenvalue weighted by Gasteiger charge is -2.33. The van der Waals surface area contributed by atoms with E-state index in [-0.39, 0.29) is 6.92 Å². The van der Waals surface area contributed by atoms with Gasteiger partial charge in [-0.3, -0.25) is 0 Å². The van der Waals surface area contributed by atoms with Crippen LogP contribution in [0.3, 0.4) is 0 Å². The molecule has 0 fully saturated rings. The molecule has 0 heterocycles. The van der Waals surface area contributed by atoms with E-state index in [9.17, 15) is 22.0 Å². The number of alkyl halides is 5. The quantitative estimate of drug-likeness (QED) is 0.598. The zero-order valence-corrected chi connectivity index (χ0v) is 7.10. The summed E-state index contributed by atoms with van der Waals surface area (Å²) in [7, 11) is 0. The molecule has 0 bridgehead atoms. The molecular formula is C7H11F5. The topological polar surface area (TPSA) is 0 Å². The molecule has 0 spiro atoms. The summed E-state index contributed by atoms with van der Waals surface area (Å²) in [4.78, 5) is 0. The van der Waals surface area contributed by atoms with Crippen LogP contribution in [0.4, 0.5) is 22.0 Å². The van der Waals surface area contributed by atoms with Gasteiger partial charge in [0.1, 0.15) is 0 Å². The minimum atomic E-state index is -4.62. The molecular weight excluding hydrogens is 179 g/mol. The maximum atomic E-state index is 12.9. The van der Waals surface area contributed by atoms with E-state index >= 15 is 0 Å². The fourth-order valence-corrected chi connectivity index (χ4v) is 0.680. The van der Waals surface area contributed by atoms with Crippen molar-refractivity contribution in [2.75, 3.05) is 0 Å². The molecule has 0 N–H and O–H groups in total. The van der Waals surface area contributed by atoms with E-state index in [1.54, 1.807) is 0 Å². The van der Waals surface area contributed by atoms with Crippen molar-refractivity contribution in [3.8, 4) is 0 Å². The zero-order chi connectivity index (χ0) is 10.2. The molecule has 0 aromatic heterocycles. The van der Waals surface area contributed by atoms with Crippen molar-refractivity contribution < 1.29 is 22.0 Å². The van der Waals surface area contributed by atoms with E-state index in [1.807, 2.05) is 0 Å². The molecule has 0 amide bonds. The Bertz CT molecular complexity index is 156. The molecule has 5 heteroatoms. The molecule has 0 saturated carbocycles. The second-order valence-electron chi connectivity index (χ2n) is 3.01.